The summed E-state index contributed by atoms with van der Waals surface area (Å²) in [6.45, 7) is 3.91. The maximum absolute atomic E-state index is 12.0. The number of aromatic nitrogens is 4. The molecule has 0 saturated heterocycles. The molecule has 0 aliphatic heterocycles. The minimum absolute atomic E-state index is 0.156. The van der Waals surface area contributed by atoms with Gasteiger partial charge in [-0.15, -0.1) is 10.2 Å². The number of amides is 1. The average molecular weight is 363 g/mol. The zero-order valence-electron chi connectivity index (χ0n) is 12.4. The van der Waals surface area contributed by atoms with E-state index in [1.54, 1.807) is 0 Å². The van der Waals surface area contributed by atoms with E-state index in [2.05, 4.69) is 24.9 Å². The SMILES string of the molecule is Cc1nnc(SCC(=O)Nc2nsc(-c3ccccc3C)n2)s1. The predicted octanol–water partition coefficient (Wildman–Crippen LogP) is 3.40. The number of carbonyl (C=O) groups is 1. The molecule has 0 saturated carbocycles. The van der Waals surface area contributed by atoms with E-state index in [4.69, 9.17) is 0 Å². The highest BCUT2D eigenvalue weighted by molar-refractivity contribution is 8.01. The second-order valence-corrected chi connectivity index (χ2v) is 7.82. The molecule has 3 rings (SSSR count). The number of hydrogen-bond donors (Lipinski definition) is 1. The van der Waals surface area contributed by atoms with Crippen LogP contribution in [0.15, 0.2) is 28.6 Å². The normalized spacial score (nSPS) is 10.7. The molecule has 6 nitrogen and oxygen atoms in total. The van der Waals surface area contributed by atoms with Gasteiger partial charge in [-0.1, -0.05) is 47.4 Å². The molecule has 0 atom stereocenters. The highest BCUT2D eigenvalue weighted by Crippen LogP contribution is 2.26. The number of thioether (sulfide) groups is 1. The second kappa shape index (κ2) is 7.16. The maximum atomic E-state index is 12.0. The number of anilines is 1. The van der Waals surface area contributed by atoms with Crippen molar-refractivity contribution in [3.63, 3.8) is 0 Å². The lowest BCUT2D eigenvalue weighted by atomic mass is 10.1. The molecule has 0 fully saturated rings. The summed E-state index contributed by atoms with van der Waals surface area (Å²) in [6.07, 6.45) is 0. The molecule has 0 unspecified atom stereocenters. The lowest BCUT2D eigenvalue weighted by Crippen LogP contribution is -2.14. The third-order valence-electron chi connectivity index (χ3n) is 2.89. The lowest BCUT2D eigenvalue weighted by Gasteiger charge is -2.00. The van der Waals surface area contributed by atoms with Crippen LogP contribution >= 0.6 is 34.6 Å². The number of hydrogen-bond acceptors (Lipinski definition) is 8. The minimum atomic E-state index is -0.156. The van der Waals surface area contributed by atoms with Gasteiger partial charge in [-0.25, -0.2) is 0 Å². The summed E-state index contributed by atoms with van der Waals surface area (Å²) in [5.41, 5.74) is 2.16. The van der Waals surface area contributed by atoms with Gasteiger partial charge in [-0.05, 0) is 30.9 Å². The van der Waals surface area contributed by atoms with Gasteiger partial charge in [0.1, 0.15) is 10.0 Å². The molecule has 9 heteroatoms. The van der Waals surface area contributed by atoms with Gasteiger partial charge >= 0.3 is 0 Å². The number of aryl methyl sites for hydroxylation is 2. The van der Waals surface area contributed by atoms with E-state index in [9.17, 15) is 4.79 Å². The average Bonchev–Trinajstić information content (AvgIpc) is 3.15. The van der Waals surface area contributed by atoms with Crippen molar-refractivity contribution in [2.75, 3.05) is 11.1 Å². The van der Waals surface area contributed by atoms with Gasteiger partial charge < -0.3 is 0 Å². The van der Waals surface area contributed by atoms with E-state index < -0.39 is 0 Å². The van der Waals surface area contributed by atoms with Crippen molar-refractivity contribution in [1.29, 1.82) is 0 Å². The summed E-state index contributed by atoms with van der Waals surface area (Å²) < 4.78 is 4.98. The van der Waals surface area contributed by atoms with Gasteiger partial charge in [-0.3, -0.25) is 10.1 Å². The Labute approximate surface area is 145 Å². The molecule has 0 aliphatic rings. The van der Waals surface area contributed by atoms with Crippen LogP contribution in [-0.2, 0) is 4.79 Å². The first-order valence-electron chi connectivity index (χ1n) is 6.74. The minimum Gasteiger partial charge on any atom is -0.293 e. The van der Waals surface area contributed by atoms with E-state index in [0.717, 1.165) is 25.5 Å². The van der Waals surface area contributed by atoms with Crippen LogP contribution in [0.4, 0.5) is 5.95 Å². The summed E-state index contributed by atoms with van der Waals surface area (Å²) in [5.74, 6) is 0.442. The van der Waals surface area contributed by atoms with Gasteiger partial charge in [-0.2, -0.15) is 9.36 Å². The lowest BCUT2D eigenvalue weighted by molar-refractivity contribution is -0.113. The molecule has 1 amide bonds. The molecule has 23 heavy (non-hydrogen) atoms. The Balaban J connectivity index is 1.60. The van der Waals surface area contributed by atoms with Crippen molar-refractivity contribution >= 4 is 46.5 Å². The van der Waals surface area contributed by atoms with Crippen molar-refractivity contribution in [1.82, 2.24) is 19.6 Å². The molecule has 1 aromatic carbocycles. The smallest absolute Gasteiger partial charge is 0.241 e. The van der Waals surface area contributed by atoms with Crippen LogP contribution in [-0.4, -0.2) is 31.2 Å². The molecule has 0 spiro atoms. The van der Waals surface area contributed by atoms with Crippen molar-refractivity contribution in [2.45, 2.75) is 18.2 Å². The third-order valence-corrected chi connectivity index (χ3v) is 5.61. The van der Waals surface area contributed by atoms with Crippen LogP contribution in [0.1, 0.15) is 10.6 Å². The Hall–Kier alpha value is -1.84. The maximum Gasteiger partial charge on any atom is 0.241 e. The van der Waals surface area contributed by atoms with Gasteiger partial charge in [0, 0.05) is 5.56 Å². The largest absolute Gasteiger partial charge is 0.293 e. The number of benzene rings is 1. The zero-order valence-corrected chi connectivity index (χ0v) is 14.9. The molecule has 0 radical (unpaired) electrons. The molecular weight excluding hydrogens is 350 g/mol. The van der Waals surface area contributed by atoms with E-state index in [1.165, 1.54) is 34.6 Å². The summed E-state index contributed by atoms with van der Waals surface area (Å²) in [5, 5.41) is 12.3. The Morgan fingerprint density at radius 1 is 1.26 bits per heavy atom. The second-order valence-electron chi connectivity index (χ2n) is 4.66. The van der Waals surface area contributed by atoms with Crippen LogP contribution in [0.2, 0.25) is 0 Å². The Morgan fingerprint density at radius 2 is 2.09 bits per heavy atom. The molecular formula is C14H13N5OS3. The molecule has 3 aromatic rings. The number of nitrogens with zero attached hydrogens (tertiary/aromatic N) is 4. The van der Waals surface area contributed by atoms with Crippen LogP contribution in [0.5, 0.6) is 0 Å². The fourth-order valence-electron chi connectivity index (χ4n) is 1.82. The number of rotatable bonds is 5. The van der Waals surface area contributed by atoms with E-state index in [1.807, 2.05) is 38.1 Å². The van der Waals surface area contributed by atoms with Crippen molar-refractivity contribution < 1.29 is 4.79 Å². The molecule has 1 N–H and O–H groups in total. The number of nitrogens with one attached hydrogen (secondary N) is 1. The molecule has 2 heterocycles. The Bertz CT molecular complexity index is 829. The van der Waals surface area contributed by atoms with Gasteiger partial charge in [0.05, 0.1) is 5.75 Å². The van der Waals surface area contributed by atoms with Crippen LogP contribution in [0.25, 0.3) is 10.6 Å². The van der Waals surface area contributed by atoms with E-state index in [0.29, 0.717) is 5.95 Å². The molecule has 0 bridgehead atoms. The molecule has 118 valence electrons. The van der Waals surface area contributed by atoms with Crippen LogP contribution < -0.4 is 5.32 Å². The fraction of sp³-hybridized carbons (Fsp3) is 0.214. The topological polar surface area (TPSA) is 80.7 Å². The van der Waals surface area contributed by atoms with Gasteiger partial charge in [0.2, 0.25) is 11.9 Å². The summed E-state index contributed by atoms with van der Waals surface area (Å²) >= 11 is 4.10. The quantitative estimate of drug-likeness (QED) is 0.700. The standard InChI is InChI=1S/C14H13N5OS3/c1-8-5-3-4-6-10(8)12-16-13(19-23-12)15-11(20)7-21-14-18-17-9(2)22-14/h3-6H,7H2,1-2H3,(H,15,19,20). The first-order chi connectivity index (χ1) is 11.1. The fourth-order valence-corrected chi connectivity index (χ4v) is 4.15. The van der Waals surface area contributed by atoms with E-state index in [-0.39, 0.29) is 11.7 Å². The van der Waals surface area contributed by atoms with Crippen LogP contribution in [0, 0.1) is 13.8 Å². The van der Waals surface area contributed by atoms with Crippen molar-refractivity contribution in [3.05, 3.63) is 34.8 Å². The molecule has 0 aliphatic carbocycles. The summed E-state index contributed by atoms with van der Waals surface area (Å²) in [6, 6.07) is 7.96. The molecule has 2 aromatic heterocycles. The summed E-state index contributed by atoms with van der Waals surface area (Å²) in [4.78, 5) is 16.3. The van der Waals surface area contributed by atoms with Gasteiger partial charge in [0.25, 0.3) is 0 Å². The van der Waals surface area contributed by atoms with Crippen molar-refractivity contribution in [2.24, 2.45) is 0 Å². The Kier molecular flexibility index (Phi) is 4.99. The van der Waals surface area contributed by atoms with E-state index >= 15 is 0 Å². The third kappa shape index (κ3) is 4.12. The number of carbonyl (C=O) groups excluding carboxylic acids is 1. The van der Waals surface area contributed by atoms with Crippen molar-refractivity contribution in [3.8, 4) is 10.6 Å². The highest BCUT2D eigenvalue weighted by atomic mass is 32.2. The first-order valence-corrected chi connectivity index (χ1v) is 9.32. The monoisotopic (exact) mass is 363 g/mol. The van der Waals surface area contributed by atoms with Gasteiger partial charge in [0.15, 0.2) is 4.34 Å². The zero-order chi connectivity index (χ0) is 16.2. The van der Waals surface area contributed by atoms with Crippen LogP contribution in [0.3, 0.4) is 0 Å². The first kappa shape index (κ1) is 16.0. The summed E-state index contributed by atoms with van der Waals surface area (Å²) in [7, 11) is 0. The Morgan fingerprint density at radius 3 is 2.83 bits per heavy atom. The highest BCUT2D eigenvalue weighted by Gasteiger charge is 2.12. The predicted molar refractivity (Wildman–Crippen MR) is 94.1 cm³/mol.